The van der Waals surface area contributed by atoms with Crippen molar-refractivity contribution in [3.63, 3.8) is 0 Å². The smallest absolute Gasteiger partial charge is 0.265 e. The summed E-state index contributed by atoms with van der Waals surface area (Å²) >= 11 is 12.7. The van der Waals surface area contributed by atoms with Gasteiger partial charge in [0.2, 0.25) is 0 Å². The van der Waals surface area contributed by atoms with Gasteiger partial charge in [0.05, 0.1) is 32.6 Å². The van der Waals surface area contributed by atoms with E-state index in [-0.39, 0.29) is 29.1 Å². The highest BCUT2D eigenvalue weighted by Crippen LogP contribution is 2.30. The lowest BCUT2D eigenvalue weighted by atomic mass is 9.93. The molecule has 1 aromatic heterocycles. The minimum absolute atomic E-state index is 0.0336. The van der Waals surface area contributed by atoms with Gasteiger partial charge in [0.25, 0.3) is 21.8 Å². The number of nitrogens with zero attached hydrogens (tertiary/aromatic N) is 6. The van der Waals surface area contributed by atoms with Gasteiger partial charge in [0.15, 0.2) is 0 Å². The molecule has 0 spiro atoms. The van der Waals surface area contributed by atoms with Crippen molar-refractivity contribution in [2.45, 2.75) is 37.8 Å². The van der Waals surface area contributed by atoms with Gasteiger partial charge in [-0.1, -0.05) is 70.8 Å². The predicted molar refractivity (Wildman–Crippen MR) is 179 cm³/mol. The molecule has 238 valence electrons. The van der Waals surface area contributed by atoms with Crippen LogP contribution in [0.15, 0.2) is 88.9 Å². The van der Waals surface area contributed by atoms with Crippen LogP contribution in [-0.2, 0) is 23.0 Å². The number of fused-ring (bicyclic) bond motifs is 2. The van der Waals surface area contributed by atoms with Crippen LogP contribution in [0.2, 0.25) is 10.0 Å². The number of hydrogen-bond acceptors (Lipinski definition) is 6. The molecule has 11 nitrogen and oxygen atoms in total. The first kappa shape index (κ1) is 32.1. The first-order valence-electron chi connectivity index (χ1n) is 14.5. The van der Waals surface area contributed by atoms with Crippen molar-refractivity contribution < 1.29 is 18.0 Å². The van der Waals surface area contributed by atoms with Crippen molar-refractivity contribution >= 4 is 55.8 Å². The highest BCUT2D eigenvalue weighted by molar-refractivity contribution is 7.90. The number of sulfonamides is 1. The molecule has 0 fully saturated rings. The van der Waals surface area contributed by atoms with Gasteiger partial charge in [0.1, 0.15) is 0 Å². The second kappa shape index (κ2) is 12.7. The van der Waals surface area contributed by atoms with E-state index in [1.54, 1.807) is 43.0 Å². The SMILES string of the molecule is Cc1nn(-c2ccc(C(=O)NS(=O)(=O)c3ccc4cccc(Cl)c4c3)cc2C(=O)N2Cc3ccccc3C[C@H]2CN=[N+]=[N-])c(C)c1Cl. The number of aryl methyl sites for hydroxylation is 1. The van der Waals surface area contributed by atoms with Crippen molar-refractivity contribution in [3.05, 3.63) is 133 Å². The minimum atomic E-state index is -4.33. The van der Waals surface area contributed by atoms with Crippen LogP contribution < -0.4 is 4.72 Å². The fourth-order valence-corrected chi connectivity index (χ4v) is 7.14. The number of carbonyl (C=O) groups excluding carboxylic acids is 2. The Bertz CT molecular complexity index is 2250. The standard InChI is InChI=1S/C33H27Cl2N7O4S/c1-19-31(35)20(2)42(38-19)30-13-11-23(32(43)39-47(45,46)26-12-10-21-8-5-9-29(34)27(21)16-26)15-28(30)33(44)41-18-24-7-4-3-6-22(24)14-25(41)17-37-40-36/h3-13,15-16,25H,14,17-18H2,1-2H3,(H,39,43)/t25-/m0/s1. The lowest BCUT2D eigenvalue weighted by Crippen LogP contribution is -2.46. The van der Waals surface area contributed by atoms with E-state index in [4.69, 9.17) is 28.7 Å². The largest absolute Gasteiger partial charge is 0.331 e. The summed E-state index contributed by atoms with van der Waals surface area (Å²) < 4.78 is 30.3. The maximum atomic E-state index is 14.5. The molecule has 14 heteroatoms. The molecule has 1 aliphatic heterocycles. The number of benzene rings is 4. The third kappa shape index (κ3) is 6.16. The Kier molecular flexibility index (Phi) is 8.69. The van der Waals surface area contributed by atoms with Gasteiger partial charge >= 0.3 is 0 Å². The van der Waals surface area contributed by atoms with Gasteiger partial charge < -0.3 is 4.90 Å². The van der Waals surface area contributed by atoms with E-state index in [2.05, 4.69) is 19.8 Å². The van der Waals surface area contributed by atoms with Crippen LogP contribution in [0.1, 0.15) is 43.2 Å². The lowest BCUT2D eigenvalue weighted by molar-refractivity contribution is 0.0647. The monoisotopic (exact) mass is 687 g/mol. The summed E-state index contributed by atoms with van der Waals surface area (Å²) in [5, 5.41) is 10.3. The van der Waals surface area contributed by atoms with Gasteiger partial charge in [-0.3, -0.25) is 9.59 Å². The highest BCUT2D eigenvalue weighted by Gasteiger charge is 2.32. The number of azide groups is 1. The number of nitrogens with one attached hydrogen (secondary N) is 1. The molecule has 5 aromatic rings. The van der Waals surface area contributed by atoms with Gasteiger partial charge in [0, 0.05) is 40.0 Å². The maximum absolute atomic E-state index is 14.5. The van der Waals surface area contributed by atoms with E-state index >= 15 is 0 Å². The van der Waals surface area contributed by atoms with E-state index in [1.165, 1.54) is 35.0 Å². The van der Waals surface area contributed by atoms with Crippen molar-refractivity contribution in [2.24, 2.45) is 5.11 Å². The number of rotatable bonds is 7. The maximum Gasteiger partial charge on any atom is 0.265 e. The molecular formula is C33H27Cl2N7O4S. The normalized spacial score (nSPS) is 14.4. The second-order valence-electron chi connectivity index (χ2n) is 11.2. The van der Waals surface area contributed by atoms with Gasteiger partial charge in [-0.2, -0.15) is 5.10 Å². The molecule has 1 aliphatic rings. The summed E-state index contributed by atoms with van der Waals surface area (Å²) in [5.41, 5.74) is 12.5. The summed E-state index contributed by atoms with van der Waals surface area (Å²) in [6.07, 6.45) is 0.455. The average Bonchev–Trinajstić information content (AvgIpc) is 3.32. The Labute approximate surface area is 280 Å². The van der Waals surface area contributed by atoms with Gasteiger partial charge in [-0.05, 0) is 78.7 Å². The molecule has 0 bridgehead atoms. The van der Waals surface area contributed by atoms with Gasteiger partial charge in [-0.15, -0.1) is 0 Å². The zero-order valence-corrected chi connectivity index (χ0v) is 27.5. The van der Waals surface area contributed by atoms with Crippen LogP contribution >= 0.6 is 23.2 Å². The molecule has 4 aromatic carbocycles. The van der Waals surface area contributed by atoms with Crippen molar-refractivity contribution in [3.8, 4) is 5.69 Å². The van der Waals surface area contributed by atoms with Crippen molar-refractivity contribution in [1.29, 1.82) is 0 Å². The zero-order chi connectivity index (χ0) is 33.5. The number of hydrogen-bond donors (Lipinski definition) is 1. The molecular weight excluding hydrogens is 661 g/mol. The van der Waals surface area contributed by atoms with Crippen LogP contribution in [0.5, 0.6) is 0 Å². The van der Waals surface area contributed by atoms with Crippen LogP contribution in [0.25, 0.3) is 26.9 Å². The van der Waals surface area contributed by atoms with E-state index in [1.807, 2.05) is 24.3 Å². The Morgan fingerprint density at radius 1 is 1.02 bits per heavy atom. The molecule has 47 heavy (non-hydrogen) atoms. The predicted octanol–water partition coefficient (Wildman–Crippen LogP) is 6.95. The van der Waals surface area contributed by atoms with E-state index in [9.17, 15) is 18.0 Å². The van der Waals surface area contributed by atoms with Gasteiger partial charge in [-0.25, -0.2) is 17.8 Å². The summed E-state index contributed by atoms with van der Waals surface area (Å²) in [6.45, 7) is 3.75. The average molecular weight is 689 g/mol. The molecule has 0 unspecified atom stereocenters. The van der Waals surface area contributed by atoms with E-state index < -0.39 is 27.9 Å². The molecule has 1 atom stereocenters. The fraction of sp³-hybridized carbons (Fsp3) is 0.182. The molecule has 6 rings (SSSR count). The number of carbonyl (C=O) groups is 2. The van der Waals surface area contributed by atoms with E-state index in [0.717, 1.165) is 16.5 Å². The molecule has 2 amide bonds. The second-order valence-corrected chi connectivity index (χ2v) is 13.6. The molecule has 1 N–H and O–H groups in total. The molecule has 0 saturated carbocycles. The van der Waals surface area contributed by atoms with Crippen LogP contribution in [0, 0.1) is 13.8 Å². The Morgan fingerprint density at radius 2 is 1.79 bits per heavy atom. The lowest BCUT2D eigenvalue weighted by Gasteiger charge is -2.36. The number of halogens is 2. The van der Waals surface area contributed by atoms with Crippen LogP contribution in [0.3, 0.4) is 0 Å². The fourth-order valence-electron chi connectivity index (χ4n) is 5.79. The topological polar surface area (TPSA) is 150 Å². The van der Waals surface area contributed by atoms with Crippen molar-refractivity contribution in [1.82, 2.24) is 19.4 Å². The number of amides is 2. The summed E-state index contributed by atoms with van der Waals surface area (Å²) in [7, 11) is -4.33. The van der Waals surface area contributed by atoms with Crippen molar-refractivity contribution in [2.75, 3.05) is 6.54 Å². The number of aromatic nitrogens is 2. The first-order chi connectivity index (χ1) is 22.5. The minimum Gasteiger partial charge on any atom is -0.331 e. The highest BCUT2D eigenvalue weighted by atomic mass is 35.5. The molecule has 0 saturated heterocycles. The Morgan fingerprint density at radius 3 is 2.51 bits per heavy atom. The summed E-state index contributed by atoms with van der Waals surface area (Å²) in [4.78, 5) is 32.3. The first-order valence-corrected chi connectivity index (χ1v) is 16.7. The molecule has 2 heterocycles. The summed E-state index contributed by atoms with van der Waals surface area (Å²) in [6, 6.07) is 21.1. The third-order valence-electron chi connectivity index (χ3n) is 8.23. The Hall–Kier alpha value is -4.87. The molecule has 0 aliphatic carbocycles. The van der Waals surface area contributed by atoms with E-state index in [0.29, 0.717) is 38.9 Å². The van der Waals surface area contributed by atoms with Crippen LogP contribution in [0.4, 0.5) is 0 Å². The zero-order valence-electron chi connectivity index (χ0n) is 25.2. The summed E-state index contributed by atoms with van der Waals surface area (Å²) in [5.74, 6) is -1.40. The quantitative estimate of drug-likeness (QED) is 0.112. The van der Waals surface area contributed by atoms with Crippen LogP contribution in [-0.4, -0.2) is 47.5 Å². The Balaban J connectivity index is 1.41. The third-order valence-corrected chi connectivity index (χ3v) is 10.4. The molecule has 0 radical (unpaired) electrons.